The molecule has 8 nitrogen and oxygen atoms in total. The first-order chi connectivity index (χ1) is 12.9. The van der Waals surface area contributed by atoms with Crippen molar-refractivity contribution in [3.8, 4) is 22.9 Å². The normalized spacial score (nSPS) is 13.2. The predicted molar refractivity (Wildman–Crippen MR) is 97.8 cm³/mol. The lowest BCUT2D eigenvalue weighted by Crippen LogP contribution is -2.34. The van der Waals surface area contributed by atoms with E-state index in [1.807, 2.05) is 0 Å². The highest BCUT2D eigenvalue weighted by molar-refractivity contribution is 5.60. The second-order valence-corrected chi connectivity index (χ2v) is 6.36. The third-order valence-electron chi connectivity index (χ3n) is 4.26. The number of ether oxygens (including phenoxy) is 2. The summed E-state index contributed by atoms with van der Waals surface area (Å²) in [6, 6.07) is 10.1. The van der Waals surface area contributed by atoms with Crippen LogP contribution < -0.4 is 15.0 Å². The maximum absolute atomic E-state index is 12.1. The topological polar surface area (TPSA) is 99.6 Å². The van der Waals surface area contributed by atoms with Crippen molar-refractivity contribution in [3.63, 3.8) is 0 Å². The molecule has 0 fully saturated rings. The third-order valence-corrected chi connectivity index (χ3v) is 4.26. The Hall–Kier alpha value is -3.13. The van der Waals surface area contributed by atoms with Crippen molar-refractivity contribution in [3.05, 3.63) is 58.3 Å². The highest BCUT2D eigenvalue weighted by atomic mass is 16.5. The lowest BCUT2D eigenvalue weighted by Gasteiger charge is -2.21. The van der Waals surface area contributed by atoms with Crippen LogP contribution in [0, 0.1) is 6.92 Å². The summed E-state index contributed by atoms with van der Waals surface area (Å²) in [7, 11) is 3.09. The highest BCUT2D eigenvalue weighted by Gasteiger charge is 2.32. The van der Waals surface area contributed by atoms with Gasteiger partial charge in [0.15, 0.2) is 17.1 Å². The molecule has 2 heterocycles. The van der Waals surface area contributed by atoms with E-state index in [1.165, 1.54) is 24.7 Å². The van der Waals surface area contributed by atoms with Gasteiger partial charge in [0.2, 0.25) is 5.82 Å². The number of hydrogen-bond donors (Lipinski definition) is 1. The van der Waals surface area contributed by atoms with E-state index in [2.05, 4.69) is 10.1 Å². The average Bonchev–Trinajstić information content (AvgIpc) is 3.15. The standard InChI is InChI=1S/C19H21N3O5/c1-12-6-5-7-16(23)22(12)11-19(2,24)18-20-17(21-27-18)13-8-9-14(25-3)15(10-13)26-4/h5-10,24H,11H2,1-4H3/t19-/m1/s1. The van der Waals surface area contributed by atoms with Crippen molar-refractivity contribution < 1.29 is 19.1 Å². The van der Waals surface area contributed by atoms with Gasteiger partial charge in [-0.05, 0) is 38.1 Å². The van der Waals surface area contributed by atoms with Gasteiger partial charge in [0, 0.05) is 17.3 Å². The number of aliphatic hydroxyl groups is 1. The molecule has 27 heavy (non-hydrogen) atoms. The van der Waals surface area contributed by atoms with Crippen LogP contribution in [-0.4, -0.2) is 34.0 Å². The fraction of sp³-hybridized carbons (Fsp3) is 0.316. The van der Waals surface area contributed by atoms with Gasteiger partial charge in [-0.1, -0.05) is 11.2 Å². The minimum atomic E-state index is -1.52. The molecule has 3 aromatic rings. The molecule has 2 aromatic heterocycles. The molecule has 8 heteroatoms. The van der Waals surface area contributed by atoms with Crippen molar-refractivity contribution in [2.75, 3.05) is 14.2 Å². The Kier molecular flexibility index (Phi) is 5.00. The Balaban J connectivity index is 1.91. The smallest absolute Gasteiger partial charge is 0.260 e. The fourth-order valence-electron chi connectivity index (χ4n) is 2.74. The van der Waals surface area contributed by atoms with Crippen LogP contribution in [0.25, 0.3) is 11.4 Å². The first-order valence-electron chi connectivity index (χ1n) is 8.31. The van der Waals surface area contributed by atoms with Crippen LogP contribution in [0.15, 0.2) is 45.7 Å². The third kappa shape index (κ3) is 3.70. The van der Waals surface area contributed by atoms with E-state index in [0.29, 0.717) is 22.9 Å². The molecule has 0 radical (unpaired) electrons. The molecule has 0 saturated heterocycles. The van der Waals surface area contributed by atoms with Crippen LogP contribution in [0.3, 0.4) is 0 Å². The summed E-state index contributed by atoms with van der Waals surface area (Å²) >= 11 is 0. The molecule has 1 atom stereocenters. The summed E-state index contributed by atoms with van der Waals surface area (Å²) in [6.45, 7) is 3.31. The molecule has 0 amide bonds. The van der Waals surface area contributed by atoms with E-state index in [0.717, 1.165) is 5.69 Å². The summed E-state index contributed by atoms with van der Waals surface area (Å²) in [5.74, 6) is 1.42. The molecule has 0 aliphatic carbocycles. The molecule has 0 bridgehead atoms. The van der Waals surface area contributed by atoms with Crippen LogP contribution in [-0.2, 0) is 12.1 Å². The quantitative estimate of drug-likeness (QED) is 0.708. The van der Waals surface area contributed by atoms with Crippen molar-refractivity contribution in [1.82, 2.24) is 14.7 Å². The number of rotatable bonds is 6. The van der Waals surface area contributed by atoms with E-state index in [1.54, 1.807) is 44.4 Å². The van der Waals surface area contributed by atoms with Gasteiger partial charge >= 0.3 is 0 Å². The number of benzene rings is 1. The molecule has 1 N–H and O–H groups in total. The van der Waals surface area contributed by atoms with Gasteiger partial charge in [-0.15, -0.1) is 0 Å². The highest BCUT2D eigenvalue weighted by Crippen LogP contribution is 2.32. The van der Waals surface area contributed by atoms with Gasteiger partial charge < -0.3 is 23.7 Å². The zero-order valence-corrected chi connectivity index (χ0v) is 15.6. The number of aryl methyl sites for hydroxylation is 1. The second-order valence-electron chi connectivity index (χ2n) is 6.36. The number of hydrogen-bond acceptors (Lipinski definition) is 7. The fourth-order valence-corrected chi connectivity index (χ4v) is 2.74. The van der Waals surface area contributed by atoms with Gasteiger partial charge in [-0.2, -0.15) is 4.98 Å². The lowest BCUT2D eigenvalue weighted by molar-refractivity contribution is 0.00479. The van der Waals surface area contributed by atoms with Crippen molar-refractivity contribution in [1.29, 1.82) is 0 Å². The second kappa shape index (κ2) is 7.24. The van der Waals surface area contributed by atoms with Crippen molar-refractivity contribution >= 4 is 0 Å². The predicted octanol–water partition coefficient (Wildman–Crippen LogP) is 2.13. The molecule has 142 valence electrons. The molecular formula is C19H21N3O5. The Morgan fingerprint density at radius 2 is 1.93 bits per heavy atom. The summed E-state index contributed by atoms with van der Waals surface area (Å²) in [5, 5.41) is 14.8. The number of methoxy groups -OCH3 is 2. The summed E-state index contributed by atoms with van der Waals surface area (Å²) < 4.78 is 17.2. The van der Waals surface area contributed by atoms with Crippen LogP contribution in [0.5, 0.6) is 11.5 Å². The van der Waals surface area contributed by atoms with Crippen LogP contribution in [0.4, 0.5) is 0 Å². The average molecular weight is 371 g/mol. The number of nitrogens with zero attached hydrogens (tertiary/aromatic N) is 3. The van der Waals surface area contributed by atoms with Crippen LogP contribution in [0.1, 0.15) is 18.5 Å². The molecule has 0 aliphatic rings. The number of pyridine rings is 1. The maximum atomic E-state index is 12.1. The van der Waals surface area contributed by atoms with E-state index in [-0.39, 0.29) is 18.0 Å². The van der Waals surface area contributed by atoms with Gasteiger partial charge in [-0.25, -0.2) is 0 Å². The van der Waals surface area contributed by atoms with E-state index in [9.17, 15) is 9.90 Å². The molecule has 0 aliphatic heterocycles. The largest absolute Gasteiger partial charge is 0.493 e. The van der Waals surface area contributed by atoms with Gasteiger partial charge in [-0.3, -0.25) is 4.79 Å². The van der Waals surface area contributed by atoms with Crippen LogP contribution in [0.2, 0.25) is 0 Å². The van der Waals surface area contributed by atoms with Gasteiger partial charge in [0.05, 0.1) is 20.8 Å². The first-order valence-corrected chi connectivity index (χ1v) is 8.31. The summed E-state index contributed by atoms with van der Waals surface area (Å²) in [5.41, 5.74) is -0.360. The monoisotopic (exact) mass is 371 g/mol. The Morgan fingerprint density at radius 1 is 1.19 bits per heavy atom. The summed E-state index contributed by atoms with van der Waals surface area (Å²) in [4.78, 5) is 16.4. The van der Waals surface area contributed by atoms with Gasteiger partial charge in [0.1, 0.15) is 0 Å². The SMILES string of the molecule is COc1ccc(-c2noc([C@](C)(O)Cn3c(C)cccc3=O)n2)cc1OC. The van der Waals surface area contributed by atoms with E-state index in [4.69, 9.17) is 14.0 Å². The summed E-state index contributed by atoms with van der Waals surface area (Å²) in [6.07, 6.45) is 0. The van der Waals surface area contributed by atoms with E-state index < -0.39 is 5.60 Å². The lowest BCUT2D eigenvalue weighted by atomic mass is 10.1. The van der Waals surface area contributed by atoms with Crippen LogP contribution >= 0.6 is 0 Å². The first kappa shape index (κ1) is 18.7. The minimum Gasteiger partial charge on any atom is -0.493 e. The Labute approximate surface area is 156 Å². The Bertz CT molecular complexity index is 1010. The number of aromatic nitrogens is 3. The molecule has 0 saturated carbocycles. The molecule has 0 unspecified atom stereocenters. The maximum Gasteiger partial charge on any atom is 0.260 e. The van der Waals surface area contributed by atoms with Crippen molar-refractivity contribution in [2.45, 2.75) is 26.0 Å². The molecule has 3 rings (SSSR count). The molecule has 1 aromatic carbocycles. The van der Waals surface area contributed by atoms with E-state index >= 15 is 0 Å². The zero-order chi connectivity index (χ0) is 19.6. The molecule has 0 spiro atoms. The minimum absolute atomic E-state index is 0.00786. The van der Waals surface area contributed by atoms with Gasteiger partial charge in [0.25, 0.3) is 11.4 Å². The molecular weight excluding hydrogens is 350 g/mol. The van der Waals surface area contributed by atoms with Crippen molar-refractivity contribution in [2.24, 2.45) is 0 Å². The zero-order valence-electron chi connectivity index (χ0n) is 15.6. The Morgan fingerprint density at radius 3 is 2.59 bits per heavy atom.